The van der Waals surface area contributed by atoms with Crippen LogP contribution in [0, 0.1) is 5.92 Å². The molecule has 1 aliphatic carbocycles. The van der Waals surface area contributed by atoms with Gasteiger partial charge in [-0.05, 0) is 43.2 Å². The molecule has 1 aliphatic heterocycles. The highest BCUT2D eigenvalue weighted by Crippen LogP contribution is 2.39. The fraction of sp³-hybridized carbons (Fsp3) is 0.368. The van der Waals surface area contributed by atoms with Crippen LogP contribution in [-0.2, 0) is 0 Å². The Morgan fingerprint density at radius 1 is 1.12 bits per heavy atom. The quantitative estimate of drug-likeness (QED) is 0.814. The zero-order valence-corrected chi connectivity index (χ0v) is 14.2. The van der Waals surface area contributed by atoms with Crippen molar-refractivity contribution in [2.24, 2.45) is 10.9 Å². The minimum Gasteiger partial charge on any atom is -0.480 e. The summed E-state index contributed by atoms with van der Waals surface area (Å²) in [5, 5.41) is 4.07. The number of hydrogen-bond donors (Lipinski definition) is 1. The molecule has 4 nitrogen and oxygen atoms in total. The number of fused-ring (bicyclic) bond motifs is 1. The third-order valence-corrected chi connectivity index (χ3v) is 4.93. The molecule has 124 valence electrons. The summed E-state index contributed by atoms with van der Waals surface area (Å²) >= 11 is 6.11. The van der Waals surface area contributed by atoms with Crippen LogP contribution in [-0.4, -0.2) is 16.9 Å². The molecule has 1 atom stereocenters. The maximum Gasteiger partial charge on any atom is 0.159 e. The van der Waals surface area contributed by atoms with Gasteiger partial charge in [0.15, 0.2) is 6.10 Å². The number of halogens is 1. The lowest BCUT2D eigenvalue weighted by atomic mass is 9.84. The maximum absolute atomic E-state index is 6.34. The number of nitrogens with one attached hydrogen (secondary N) is 1. The summed E-state index contributed by atoms with van der Waals surface area (Å²) in [5.41, 5.74) is 1.70. The van der Waals surface area contributed by atoms with Crippen LogP contribution in [0.2, 0.25) is 5.02 Å². The van der Waals surface area contributed by atoms with E-state index < -0.39 is 0 Å². The normalized spacial score (nSPS) is 20.7. The molecule has 2 aliphatic rings. The van der Waals surface area contributed by atoms with Crippen molar-refractivity contribution in [1.29, 1.82) is 0 Å². The standard InChI is InChI=1S/C19H20ClN3O/c20-14-8-9-17-16(11-14)23-19(22-15-7-4-10-21-12-15)18(24-17)13-5-2-1-3-6-13/h4,7-13,18H,1-3,5-6H2,(H,22,23)/t18-/m0/s1. The molecule has 5 heteroatoms. The van der Waals surface area contributed by atoms with Crippen molar-refractivity contribution in [2.45, 2.75) is 38.2 Å². The van der Waals surface area contributed by atoms with Crippen LogP contribution in [0.1, 0.15) is 32.1 Å². The number of aliphatic imine (C=N–C) groups is 1. The Balaban J connectivity index is 1.68. The summed E-state index contributed by atoms with van der Waals surface area (Å²) in [6.45, 7) is 0. The van der Waals surface area contributed by atoms with Crippen molar-refractivity contribution in [3.63, 3.8) is 0 Å². The van der Waals surface area contributed by atoms with Crippen LogP contribution in [0.4, 0.5) is 11.4 Å². The average molecular weight is 342 g/mol. The van der Waals surface area contributed by atoms with E-state index in [9.17, 15) is 0 Å². The highest BCUT2D eigenvalue weighted by molar-refractivity contribution is 6.31. The van der Waals surface area contributed by atoms with Crippen molar-refractivity contribution in [2.75, 3.05) is 5.32 Å². The lowest BCUT2D eigenvalue weighted by Crippen LogP contribution is -2.41. The molecule has 0 spiro atoms. The first-order valence-electron chi connectivity index (χ1n) is 8.51. The topological polar surface area (TPSA) is 46.5 Å². The van der Waals surface area contributed by atoms with Crippen LogP contribution in [0.3, 0.4) is 0 Å². The molecule has 4 rings (SSSR count). The third kappa shape index (κ3) is 3.24. The average Bonchev–Trinajstić information content (AvgIpc) is 2.63. The van der Waals surface area contributed by atoms with E-state index in [1.54, 1.807) is 12.4 Å². The Morgan fingerprint density at radius 2 is 2.00 bits per heavy atom. The van der Waals surface area contributed by atoms with E-state index in [-0.39, 0.29) is 6.10 Å². The first-order chi connectivity index (χ1) is 11.8. The van der Waals surface area contributed by atoms with E-state index >= 15 is 0 Å². The maximum atomic E-state index is 6.34. The number of rotatable bonds is 2. The van der Waals surface area contributed by atoms with Crippen LogP contribution in [0.5, 0.6) is 5.75 Å². The highest BCUT2D eigenvalue weighted by atomic mass is 35.5. The van der Waals surface area contributed by atoms with Gasteiger partial charge in [-0.1, -0.05) is 30.9 Å². The summed E-state index contributed by atoms with van der Waals surface area (Å²) in [6.07, 6.45) is 9.72. The molecule has 1 aromatic carbocycles. The molecule has 2 heterocycles. The zero-order valence-electron chi connectivity index (χ0n) is 13.4. The largest absolute Gasteiger partial charge is 0.480 e. The van der Waals surface area contributed by atoms with E-state index in [1.165, 1.54) is 32.1 Å². The molecule has 0 radical (unpaired) electrons. The second kappa shape index (κ2) is 6.81. The molecular weight excluding hydrogens is 322 g/mol. The fourth-order valence-corrected chi connectivity index (χ4v) is 3.67. The second-order valence-electron chi connectivity index (χ2n) is 6.41. The van der Waals surface area contributed by atoms with Crippen molar-refractivity contribution >= 4 is 28.8 Å². The summed E-state index contributed by atoms with van der Waals surface area (Å²) in [5.74, 6) is 2.15. The van der Waals surface area contributed by atoms with E-state index in [4.69, 9.17) is 21.3 Å². The predicted octanol–water partition coefficient (Wildman–Crippen LogP) is 5.22. The Labute approximate surface area is 146 Å². The smallest absolute Gasteiger partial charge is 0.159 e. The Morgan fingerprint density at radius 3 is 2.79 bits per heavy atom. The van der Waals surface area contributed by atoms with E-state index in [1.807, 2.05) is 30.3 Å². The monoisotopic (exact) mass is 341 g/mol. The molecule has 1 saturated carbocycles. The van der Waals surface area contributed by atoms with E-state index in [2.05, 4.69) is 10.3 Å². The van der Waals surface area contributed by atoms with E-state index in [0.717, 1.165) is 23.0 Å². The number of pyridine rings is 1. The number of aromatic nitrogens is 1. The van der Waals surface area contributed by atoms with Gasteiger partial charge in [0.2, 0.25) is 0 Å². The van der Waals surface area contributed by atoms with Gasteiger partial charge in [0, 0.05) is 17.1 Å². The van der Waals surface area contributed by atoms with Crippen molar-refractivity contribution in [1.82, 2.24) is 4.98 Å². The number of nitrogens with zero attached hydrogens (tertiary/aromatic N) is 2. The molecular formula is C19H20ClN3O. The molecule has 0 saturated heterocycles. The van der Waals surface area contributed by atoms with Gasteiger partial charge in [-0.3, -0.25) is 4.98 Å². The lowest BCUT2D eigenvalue weighted by Gasteiger charge is -2.34. The fourth-order valence-electron chi connectivity index (χ4n) is 3.50. The van der Waals surface area contributed by atoms with Crippen molar-refractivity contribution in [3.8, 4) is 5.75 Å². The number of ether oxygens (including phenoxy) is 1. The van der Waals surface area contributed by atoms with Gasteiger partial charge in [0.25, 0.3) is 0 Å². The minimum atomic E-state index is -0.0424. The van der Waals surface area contributed by atoms with Gasteiger partial charge in [-0.25, -0.2) is 4.99 Å². The third-order valence-electron chi connectivity index (χ3n) is 4.70. The van der Waals surface area contributed by atoms with Gasteiger partial charge < -0.3 is 10.1 Å². The SMILES string of the molecule is Clc1ccc2c(c1)N=C(Nc1cccnc1)[C@H](C1CCCCC1)O2. The number of amidine groups is 1. The van der Waals surface area contributed by atoms with Gasteiger partial charge in [0.05, 0.1) is 11.9 Å². The first-order valence-corrected chi connectivity index (χ1v) is 8.89. The summed E-state index contributed by atoms with van der Waals surface area (Å²) in [4.78, 5) is 8.99. The van der Waals surface area contributed by atoms with Gasteiger partial charge in [-0.15, -0.1) is 0 Å². The van der Waals surface area contributed by atoms with Crippen LogP contribution in [0.15, 0.2) is 47.7 Å². The highest BCUT2D eigenvalue weighted by Gasteiger charge is 2.33. The molecule has 24 heavy (non-hydrogen) atoms. The van der Waals surface area contributed by atoms with Crippen LogP contribution in [0.25, 0.3) is 0 Å². The van der Waals surface area contributed by atoms with Crippen LogP contribution >= 0.6 is 11.6 Å². The Bertz CT molecular complexity index is 742. The first kappa shape index (κ1) is 15.5. The van der Waals surface area contributed by atoms with E-state index in [0.29, 0.717) is 10.9 Å². The molecule has 1 fully saturated rings. The number of benzene rings is 1. The summed E-state index contributed by atoms with van der Waals surface area (Å²) < 4.78 is 6.34. The number of anilines is 1. The molecule has 1 N–H and O–H groups in total. The Kier molecular flexibility index (Phi) is 4.39. The predicted molar refractivity (Wildman–Crippen MR) is 97.4 cm³/mol. The molecule has 0 amide bonds. The molecule has 2 aromatic rings. The summed E-state index contributed by atoms with van der Waals surface area (Å²) in [6, 6.07) is 9.51. The molecule has 0 bridgehead atoms. The van der Waals surface area contributed by atoms with Gasteiger partial charge in [0.1, 0.15) is 17.3 Å². The minimum absolute atomic E-state index is 0.0424. The molecule has 0 unspecified atom stereocenters. The summed E-state index contributed by atoms with van der Waals surface area (Å²) in [7, 11) is 0. The van der Waals surface area contributed by atoms with Gasteiger partial charge >= 0.3 is 0 Å². The van der Waals surface area contributed by atoms with Gasteiger partial charge in [-0.2, -0.15) is 0 Å². The Hall–Kier alpha value is -2.07. The zero-order chi connectivity index (χ0) is 16.4. The second-order valence-corrected chi connectivity index (χ2v) is 6.85. The number of hydrogen-bond acceptors (Lipinski definition) is 4. The van der Waals surface area contributed by atoms with Crippen molar-refractivity contribution in [3.05, 3.63) is 47.7 Å². The van der Waals surface area contributed by atoms with Crippen LogP contribution < -0.4 is 10.1 Å². The molecule has 1 aromatic heterocycles. The van der Waals surface area contributed by atoms with Crippen molar-refractivity contribution < 1.29 is 4.74 Å². The lowest BCUT2D eigenvalue weighted by molar-refractivity contribution is 0.159.